The van der Waals surface area contributed by atoms with Crippen LogP contribution in [-0.4, -0.2) is 12.2 Å². The molecule has 0 aromatic heterocycles. The van der Waals surface area contributed by atoms with Crippen molar-refractivity contribution >= 4 is 0 Å². The summed E-state index contributed by atoms with van der Waals surface area (Å²) in [5.74, 6) is 1.38. The maximum Gasteiger partial charge on any atom is 0.125 e. The van der Waals surface area contributed by atoms with Crippen molar-refractivity contribution in [3.8, 4) is 17.6 Å². The fourth-order valence-corrected chi connectivity index (χ4v) is 2.08. The van der Waals surface area contributed by atoms with Crippen LogP contribution in [0.1, 0.15) is 30.5 Å². The second-order valence-corrected chi connectivity index (χ2v) is 5.51. The van der Waals surface area contributed by atoms with Crippen molar-refractivity contribution in [1.82, 2.24) is 0 Å². The Morgan fingerprint density at radius 2 is 1.82 bits per heavy atom. The monoisotopic (exact) mass is 297 g/mol. The van der Waals surface area contributed by atoms with Crippen LogP contribution in [0.5, 0.6) is 11.5 Å². The van der Waals surface area contributed by atoms with E-state index >= 15 is 0 Å². The molecular weight excluding hydrogens is 278 g/mol. The highest BCUT2D eigenvalue weighted by molar-refractivity contribution is 5.42. The summed E-state index contributed by atoms with van der Waals surface area (Å²) in [4.78, 5) is 0. The molecule has 1 N–H and O–H groups in total. The molecule has 2 aromatic rings. The molecule has 0 atom stereocenters. The first kappa shape index (κ1) is 15.9. The average molecular weight is 297 g/mol. The lowest BCUT2D eigenvalue weighted by molar-refractivity contribution is 0.0785. The first-order valence-corrected chi connectivity index (χ1v) is 6.97. The molecule has 0 unspecified atom stereocenters. The highest BCUT2D eigenvalue weighted by atomic mass is 16.5. The maximum absolute atomic E-state index is 9.93. The highest BCUT2D eigenvalue weighted by Crippen LogP contribution is 2.25. The van der Waals surface area contributed by atoms with Gasteiger partial charge in [-0.3, -0.25) is 0 Å². The van der Waals surface area contributed by atoms with Crippen molar-refractivity contribution < 1.29 is 14.6 Å². The van der Waals surface area contributed by atoms with Gasteiger partial charge in [-0.1, -0.05) is 12.1 Å². The summed E-state index contributed by atoms with van der Waals surface area (Å²) >= 11 is 0. The zero-order chi connectivity index (χ0) is 16.2. The quantitative estimate of drug-likeness (QED) is 0.919. The van der Waals surface area contributed by atoms with Crippen molar-refractivity contribution in [2.45, 2.75) is 26.1 Å². The number of aliphatic hydroxyl groups is 1. The van der Waals surface area contributed by atoms with Crippen LogP contribution in [0.15, 0.2) is 42.5 Å². The summed E-state index contributed by atoms with van der Waals surface area (Å²) < 4.78 is 11.0. The Balaban J connectivity index is 2.12. The van der Waals surface area contributed by atoms with E-state index < -0.39 is 5.60 Å². The number of methoxy groups -OCH3 is 1. The molecule has 0 aliphatic heterocycles. The largest absolute Gasteiger partial charge is 0.496 e. The SMILES string of the molecule is COc1ccc(C#N)cc1COc1ccc(C(C)(C)O)cc1. The van der Waals surface area contributed by atoms with Crippen molar-refractivity contribution in [1.29, 1.82) is 5.26 Å². The van der Waals surface area contributed by atoms with E-state index in [0.717, 1.165) is 11.1 Å². The Morgan fingerprint density at radius 3 is 2.36 bits per heavy atom. The number of hydrogen-bond acceptors (Lipinski definition) is 4. The molecule has 0 heterocycles. The minimum atomic E-state index is -0.872. The topological polar surface area (TPSA) is 62.5 Å². The Bertz CT molecular complexity index is 679. The third-order valence-electron chi connectivity index (χ3n) is 3.36. The van der Waals surface area contributed by atoms with E-state index in [0.29, 0.717) is 23.7 Å². The predicted molar refractivity (Wildman–Crippen MR) is 83.7 cm³/mol. The Morgan fingerprint density at radius 1 is 1.14 bits per heavy atom. The summed E-state index contributed by atoms with van der Waals surface area (Å²) in [5.41, 5.74) is 1.33. The summed E-state index contributed by atoms with van der Waals surface area (Å²) in [7, 11) is 1.59. The lowest BCUT2D eigenvalue weighted by Gasteiger charge is -2.18. The van der Waals surface area contributed by atoms with E-state index in [-0.39, 0.29) is 0 Å². The normalized spacial score (nSPS) is 10.9. The number of rotatable bonds is 5. The Hall–Kier alpha value is -2.51. The summed E-state index contributed by atoms with van der Waals surface area (Å²) in [5, 5.41) is 18.9. The molecule has 2 aromatic carbocycles. The van der Waals surface area contributed by atoms with Gasteiger partial charge in [0.25, 0.3) is 0 Å². The molecule has 4 heteroatoms. The van der Waals surface area contributed by atoms with E-state index in [1.807, 2.05) is 24.3 Å². The molecule has 4 nitrogen and oxygen atoms in total. The number of ether oxygens (including phenoxy) is 2. The molecule has 0 aliphatic carbocycles. The van der Waals surface area contributed by atoms with Crippen LogP contribution in [0, 0.1) is 11.3 Å². The summed E-state index contributed by atoms with van der Waals surface area (Å²) in [6.45, 7) is 3.78. The zero-order valence-corrected chi connectivity index (χ0v) is 13.0. The first-order valence-electron chi connectivity index (χ1n) is 6.97. The maximum atomic E-state index is 9.93. The van der Waals surface area contributed by atoms with Crippen molar-refractivity contribution in [3.05, 3.63) is 59.2 Å². The van der Waals surface area contributed by atoms with Gasteiger partial charge in [0.2, 0.25) is 0 Å². The molecule has 0 aliphatic rings. The highest BCUT2D eigenvalue weighted by Gasteiger charge is 2.15. The van der Waals surface area contributed by atoms with Crippen LogP contribution in [-0.2, 0) is 12.2 Å². The van der Waals surface area contributed by atoms with Gasteiger partial charge in [0.15, 0.2) is 0 Å². The molecule has 0 amide bonds. The molecule has 0 radical (unpaired) electrons. The molecule has 0 bridgehead atoms. The second kappa shape index (κ2) is 6.50. The number of hydrogen-bond donors (Lipinski definition) is 1. The molecule has 0 fully saturated rings. The van der Waals surface area contributed by atoms with Crippen molar-refractivity contribution in [2.24, 2.45) is 0 Å². The molecule has 0 spiro atoms. The number of benzene rings is 2. The van der Waals surface area contributed by atoms with Gasteiger partial charge in [-0.15, -0.1) is 0 Å². The lowest BCUT2D eigenvalue weighted by Crippen LogP contribution is -2.14. The third-order valence-corrected chi connectivity index (χ3v) is 3.36. The van der Waals surface area contributed by atoms with Crippen molar-refractivity contribution in [3.63, 3.8) is 0 Å². The molecule has 2 rings (SSSR count). The van der Waals surface area contributed by atoms with E-state index in [4.69, 9.17) is 14.7 Å². The summed E-state index contributed by atoms with van der Waals surface area (Å²) in [6, 6.07) is 14.6. The number of nitrogens with zero attached hydrogens (tertiary/aromatic N) is 1. The van der Waals surface area contributed by atoms with Gasteiger partial charge >= 0.3 is 0 Å². The van der Waals surface area contributed by atoms with E-state index in [1.54, 1.807) is 39.2 Å². The Labute approximate surface area is 130 Å². The van der Waals surface area contributed by atoms with Crippen LogP contribution >= 0.6 is 0 Å². The molecule has 0 saturated heterocycles. The fraction of sp³-hybridized carbons (Fsp3) is 0.278. The van der Waals surface area contributed by atoms with Gasteiger partial charge in [0.1, 0.15) is 18.1 Å². The van der Waals surface area contributed by atoms with Crippen LogP contribution < -0.4 is 9.47 Å². The van der Waals surface area contributed by atoms with E-state index in [9.17, 15) is 5.11 Å². The molecular formula is C18H19NO3. The van der Waals surface area contributed by atoms with Crippen LogP contribution in [0.3, 0.4) is 0 Å². The summed E-state index contributed by atoms with van der Waals surface area (Å²) in [6.07, 6.45) is 0. The smallest absolute Gasteiger partial charge is 0.125 e. The fourth-order valence-electron chi connectivity index (χ4n) is 2.08. The molecule has 22 heavy (non-hydrogen) atoms. The lowest BCUT2D eigenvalue weighted by atomic mass is 9.99. The van der Waals surface area contributed by atoms with Gasteiger partial charge in [-0.2, -0.15) is 5.26 Å². The zero-order valence-electron chi connectivity index (χ0n) is 13.0. The average Bonchev–Trinajstić information content (AvgIpc) is 2.52. The second-order valence-electron chi connectivity index (χ2n) is 5.51. The third kappa shape index (κ3) is 3.78. The predicted octanol–water partition coefficient (Wildman–Crippen LogP) is 3.37. The van der Waals surface area contributed by atoms with Crippen molar-refractivity contribution in [2.75, 3.05) is 7.11 Å². The van der Waals surface area contributed by atoms with Crippen LogP contribution in [0.25, 0.3) is 0 Å². The van der Waals surface area contributed by atoms with E-state index in [1.165, 1.54) is 0 Å². The molecule has 0 saturated carbocycles. The standard InChI is InChI=1S/C18H19NO3/c1-18(2,20)15-5-7-16(8-6-15)22-12-14-10-13(11-19)4-9-17(14)21-3/h4-10,20H,12H2,1-3H3. The minimum absolute atomic E-state index is 0.306. The number of nitriles is 1. The minimum Gasteiger partial charge on any atom is -0.496 e. The molecule has 114 valence electrons. The van der Waals surface area contributed by atoms with Crippen LogP contribution in [0.2, 0.25) is 0 Å². The van der Waals surface area contributed by atoms with Gasteiger partial charge in [-0.25, -0.2) is 0 Å². The first-order chi connectivity index (χ1) is 10.4. The Kier molecular flexibility index (Phi) is 4.69. The van der Waals surface area contributed by atoms with Crippen LogP contribution in [0.4, 0.5) is 0 Å². The van der Waals surface area contributed by atoms with Gasteiger partial charge in [0.05, 0.1) is 24.3 Å². The van der Waals surface area contributed by atoms with E-state index in [2.05, 4.69) is 6.07 Å². The van der Waals surface area contributed by atoms with Gasteiger partial charge in [0, 0.05) is 5.56 Å². The van der Waals surface area contributed by atoms with Gasteiger partial charge < -0.3 is 14.6 Å². The van der Waals surface area contributed by atoms with Gasteiger partial charge in [-0.05, 0) is 49.7 Å².